The number of hydrogen-bond acceptors (Lipinski definition) is 3. The van der Waals surface area contributed by atoms with Crippen LogP contribution in [0, 0.1) is 0 Å². The molecule has 1 rings (SSSR count). The number of nitrogens with two attached hydrogens (primary N) is 1. The summed E-state index contributed by atoms with van der Waals surface area (Å²) in [5, 5.41) is 0. The van der Waals surface area contributed by atoms with Crippen LogP contribution in [0.3, 0.4) is 0 Å². The first-order valence-corrected chi connectivity index (χ1v) is 9.22. The molecule has 0 fully saturated rings. The van der Waals surface area contributed by atoms with Gasteiger partial charge in [0.15, 0.2) is 0 Å². The van der Waals surface area contributed by atoms with Crippen LogP contribution in [0.1, 0.15) is 45.6 Å². The van der Waals surface area contributed by atoms with Crippen LogP contribution < -0.4 is 5.73 Å². The highest BCUT2D eigenvalue weighted by Crippen LogP contribution is 2.21. The van der Waals surface area contributed by atoms with Gasteiger partial charge < -0.3 is 5.73 Å². The fourth-order valence-corrected chi connectivity index (χ4v) is 3.97. The number of unbranched alkanes of at least 4 members (excludes halogenated alkanes) is 1. The van der Waals surface area contributed by atoms with Gasteiger partial charge in [-0.25, -0.2) is 8.42 Å². The van der Waals surface area contributed by atoms with Crippen LogP contribution in [-0.4, -0.2) is 31.9 Å². The molecule has 2 N–H and O–H groups in total. The molecule has 0 aliphatic rings. The third kappa shape index (κ3) is 4.80. The highest BCUT2D eigenvalue weighted by molar-refractivity contribution is 7.89. The van der Waals surface area contributed by atoms with Crippen LogP contribution >= 0.6 is 0 Å². The normalized spacial score (nSPS) is 13.6. The van der Waals surface area contributed by atoms with Gasteiger partial charge >= 0.3 is 0 Å². The molecule has 0 aliphatic heterocycles. The first kappa shape index (κ1) is 18.1. The predicted octanol–water partition coefficient (Wildman–Crippen LogP) is 2.78. The van der Waals surface area contributed by atoms with Crippen molar-refractivity contribution in [3.05, 3.63) is 29.8 Å². The number of benzene rings is 1. The van der Waals surface area contributed by atoms with Crippen molar-refractivity contribution in [2.45, 2.75) is 57.4 Å². The minimum absolute atomic E-state index is 0.0188. The first-order valence-electron chi connectivity index (χ1n) is 7.78. The molecule has 1 aromatic carbocycles. The standard InChI is InChI=1S/C16H28N2O2S/c1-4-6-13-18(14(3)5-2)21(19,20)16-9-7-15(8-10-16)11-12-17/h7-10,14H,4-6,11-13,17H2,1-3H3. The first-order chi connectivity index (χ1) is 9.97. The van der Waals surface area contributed by atoms with E-state index in [-0.39, 0.29) is 6.04 Å². The Labute approximate surface area is 129 Å². The van der Waals surface area contributed by atoms with Gasteiger partial charge in [-0.3, -0.25) is 0 Å². The van der Waals surface area contributed by atoms with E-state index in [1.54, 1.807) is 16.4 Å². The van der Waals surface area contributed by atoms with Crippen LogP contribution in [0.4, 0.5) is 0 Å². The number of rotatable bonds is 9. The summed E-state index contributed by atoms with van der Waals surface area (Å²) in [6.45, 7) is 7.21. The zero-order chi connectivity index (χ0) is 15.9. The molecule has 0 amide bonds. The Morgan fingerprint density at radius 3 is 2.29 bits per heavy atom. The van der Waals surface area contributed by atoms with E-state index in [4.69, 9.17) is 5.73 Å². The second kappa shape index (κ2) is 8.51. The molecular weight excluding hydrogens is 284 g/mol. The summed E-state index contributed by atoms with van der Waals surface area (Å²) in [5.41, 5.74) is 6.59. The van der Waals surface area contributed by atoms with E-state index in [1.165, 1.54) is 0 Å². The van der Waals surface area contributed by atoms with E-state index in [0.29, 0.717) is 18.0 Å². The number of hydrogen-bond donors (Lipinski definition) is 1. The Bertz CT molecular complexity index is 512. The monoisotopic (exact) mass is 312 g/mol. The van der Waals surface area contributed by atoms with E-state index in [1.807, 2.05) is 26.0 Å². The fourth-order valence-electron chi connectivity index (χ4n) is 2.23. The fraction of sp³-hybridized carbons (Fsp3) is 0.625. The second-order valence-electron chi connectivity index (χ2n) is 5.41. The third-order valence-corrected chi connectivity index (χ3v) is 5.81. The molecule has 1 unspecified atom stereocenters. The van der Waals surface area contributed by atoms with Gasteiger partial charge in [-0.2, -0.15) is 4.31 Å². The summed E-state index contributed by atoms with van der Waals surface area (Å²) in [5.74, 6) is 0. The van der Waals surface area contributed by atoms with Crippen molar-refractivity contribution in [3.8, 4) is 0 Å². The lowest BCUT2D eigenvalue weighted by molar-refractivity contribution is 0.324. The summed E-state index contributed by atoms with van der Waals surface area (Å²) in [7, 11) is -3.41. The van der Waals surface area contributed by atoms with Gasteiger partial charge in [0.05, 0.1) is 4.90 Å². The van der Waals surface area contributed by atoms with E-state index in [9.17, 15) is 8.42 Å². The van der Waals surface area contributed by atoms with Gasteiger partial charge in [-0.05, 0) is 50.4 Å². The topological polar surface area (TPSA) is 63.4 Å². The average Bonchev–Trinajstić information content (AvgIpc) is 2.48. The van der Waals surface area contributed by atoms with Gasteiger partial charge in [0.2, 0.25) is 10.0 Å². The zero-order valence-electron chi connectivity index (χ0n) is 13.4. The van der Waals surface area contributed by atoms with Crippen molar-refractivity contribution in [1.82, 2.24) is 4.31 Å². The highest BCUT2D eigenvalue weighted by atomic mass is 32.2. The molecule has 0 aliphatic carbocycles. The molecule has 0 heterocycles. The molecule has 1 atom stereocenters. The van der Waals surface area contributed by atoms with Gasteiger partial charge in [-0.1, -0.05) is 32.4 Å². The molecule has 120 valence electrons. The molecule has 0 radical (unpaired) electrons. The SMILES string of the molecule is CCCCN(C(C)CC)S(=O)(=O)c1ccc(CCN)cc1. The third-order valence-electron chi connectivity index (χ3n) is 3.78. The summed E-state index contributed by atoms with van der Waals surface area (Å²) < 4.78 is 27.3. The lowest BCUT2D eigenvalue weighted by Crippen LogP contribution is -2.39. The molecule has 0 aromatic heterocycles. The summed E-state index contributed by atoms with van der Waals surface area (Å²) in [4.78, 5) is 0.375. The van der Waals surface area contributed by atoms with E-state index < -0.39 is 10.0 Å². The minimum Gasteiger partial charge on any atom is -0.330 e. The lowest BCUT2D eigenvalue weighted by Gasteiger charge is -2.27. The minimum atomic E-state index is -3.41. The van der Waals surface area contributed by atoms with Crippen LogP contribution in [0.25, 0.3) is 0 Å². The van der Waals surface area contributed by atoms with Crippen molar-refractivity contribution in [2.75, 3.05) is 13.1 Å². The lowest BCUT2D eigenvalue weighted by atomic mass is 10.2. The number of sulfonamides is 1. The van der Waals surface area contributed by atoms with Crippen LogP contribution in [0.2, 0.25) is 0 Å². The summed E-state index contributed by atoms with van der Waals surface area (Å²) in [6, 6.07) is 7.12. The smallest absolute Gasteiger partial charge is 0.243 e. The Morgan fingerprint density at radius 2 is 1.81 bits per heavy atom. The maximum atomic E-state index is 12.8. The van der Waals surface area contributed by atoms with Crippen molar-refractivity contribution >= 4 is 10.0 Å². The van der Waals surface area contributed by atoms with Crippen LogP contribution in [-0.2, 0) is 16.4 Å². The summed E-state index contributed by atoms with van der Waals surface area (Å²) in [6.07, 6.45) is 3.45. The quantitative estimate of drug-likeness (QED) is 0.762. The highest BCUT2D eigenvalue weighted by Gasteiger charge is 2.27. The average molecular weight is 312 g/mol. The Hall–Kier alpha value is -0.910. The van der Waals surface area contributed by atoms with Crippen molar-refractivity contribution in [2.24, 2.45) is 5.73 Å². The maximum absolute atomic E-state index is 12.8. The van der Waals surface area contributed by atoms with E-state index in [2.05, 4.69) is 6.92 Å². The Balaban J connectivity index is 3.03. The molecule has 0 bridgehead atoms. The van der Waals surface area contributed by atoms with E-state index >= 15 is 0 Å². The van der Waals surface area contributed by atoms with E-state index in [0.717, 1.165) is 31.2 Å². The predicted molar refractivity (Wildman–Crippen MR) is 87.8 cm³/mol. The summed E-state index contributed by atoms with van der Waals surface area (Å²) >= 11 is 0. The van der Waals surface area contributed by atoms with Gasteiger partial charge in [-0.15, -0.1) is 0 Å². The van der Waals surface area contributed by atoms with Crippen molar-refractivity contribution < 1.29 is 8.42 Å². The molecule has 0 saturated carbocycles. The van der Waals surface area contributed by atoms with Crippen LogP contribution in [0.15, 0.2) is 29.2 Å². The molecule has 1 aromatic rings. The van der Waals surface area contributed by atoms with Crippen molar-refractivity contribution in [3.63, 3.8) is 0 Å². The molecule has 4 nitrogen and oxygen atoms in total. The van der Waals surface area contributed by atoms with Crippen molar-refractivity contribution in [1.29, 1.82) is 0 Å². The Kier molecular flexibility index (Phi) is 7.35. The molecule has 21 heavy (non-hydrogen) atoms. The van der Waals surface area contributed by atoms with Crippen LogP contribution in [0.5, 0.6) is 0 Å². The van der Waals surface area contributed by atoms with Gasteiger partial charge in [0.1, 0.15) is 0 Å². The maximum Gasteiger partial charge on any atom is 0.243 e. The molecule has 5 heteroatoms. The largest absolute Gasteiger partial charge is 0.330 e. The second-order valence-corrected chi connectivity index (χ2v) is 7.30. The molecule has 0 saturated heterocycles. The number of nitrogens with zero attached hydrogens (tertiary/aromatic N) is 1. The van der Waals surface area contributed by atoms with Gasteiger partial charge in [0.25, 0.3) is 0 Å². The molecule has 0 spiro atoms. The molecular formula is C16H28N2O2S. The van der Waals surface area contributed by atoms with Gasteiger partial charge in [0, 0.05) is 12.6 Å². The Morgan fingerprint density at radius 1 is 1.19 bits per heavy atom. The zero-order valence-corrected chi connectivity index (χ0v) is 14.2.